The molecule has 5 nitrogen and oxygen atoms in total. The smallest absolute Gasteiger partial charge is 0.253 e. The average molecular weight is 416 g/mol. The number of aryl methyl sites for hydroxylation is 2. The standard InChI is InChI=1S/C22H26FN3O2S/c1-15-20(29-14-24-15)8-9-21(27)26-11-2-3-17-13-25(12-10-19(17)26)22(28)16-4-6-18(23)7-5-16/h4-7,14,17,19H,2-3,8-13H2,1H3/t17-,19+/m1/s1. The maximum Gasteiger partial charge on any atom is 0.253 e. The Morgan fingerprint density at radius 1 is 1.21 bits per heavy atom. The SMILES string of the molecule is Cc1ncsc1CCC(=O)N1CCC[C@@H]2CN(C(=O)c3ccc(F)cc3)CC[C@@H]21. The number of likely N-dealkylation sites (tertiary alicyclic amines) is 2. The topological polar surface area (TPSA) is 53.5 Å². The average Bonchev–Trinajstić information content (AvgIpc) is 3.16. The van der Waals surface area contributed by atoms with Crippen molar-refractivity contribution >= 4 is 23.2 Å². The zero-order chi connectivity index (χ0) is 20.4. The van der Waals surface area contributed by atoms with Gasteiger partial charge in [-0.1, -0.05) is 0 Å². The molecule has 0 N–H and O–H groups in total. The van der Waals surface area contributed by atoms with Crippen LogP contribution >= 0.6 is 11.3 Å². The Balaban J connectivity index is 1.37. The van der Waals surface area contributed by atoms with Crippen LogP contribution in [0.5, 0.6) is 0 Å². The van der Waals surface area contributed by atoms with Gasteiger partial charge in [-0.2, -0.15) is 0 Å². The van der Waals surface area contributed by atoms with Crippen molar-refractivity contribution < 1.29 is 14.0 Å². The number of piperidine rings is 2. The van der Waals surface area contributed by atoms with Crippen molar-refractivity contribution in [2.45, 2.75) is 45.1 Å². The molecule has 0 bridgehead atoms. The summed E-state index contributed by atoms with van der Waals surface area (Å²) in [6.45, 7) is 4.10. The molecule has 2 atom stereocenters. The zero-order valence-electron chi connectivity index (χ0n) is 16.6. The van der Waals surface area contributed by atoms with E-state index < -0.39 is 0 Å². The second-order valence-corrected chi connectivity index (χ2v) is 8.90. The van der Waals surface area contributed by atoms with E-state index in [-0.39, 0.29) is 23.7 Å². The van der Waals surface area contributed by atoms with E-state index in [9.17, 15) is 14.0 Å². The van der Waals surface area contributed by atoms with Gasteiger partial charge < -0.3 is 9.80 Å². The van der Waals surface area contributed by atoms with E-state index >= 15 is 0 Å². The zero-order valence-corrected chi connectivity index (χ0v) is 17.5. The molecule has 2 amide bonds. The van der Waals surface area contributed by atoms with Crippen molar-refractivity contribution in [3.63, 3.8) is 0 Å². The molecule has 1 aromatic carbocycles. The molecule has 0 unspecified atom stereocenters. The van der Waals surface area contributed by atoms with Gasteiger partial charge in [0.15, 0.2) is 0 Å². The molecule has 7 heteroatoms. The highest BCUT2D eigenvalue weighted by atomic mass is 32.1. The highest BCUT2D eigenvalue weighted by molar-refractivity contribution is 7.09. The van der Waals surface area contributed by atoms with Crippen molar-refractivity contribution in [3.8, 4) is 0 Å². The third-order valence-corrected chi connectivity index (χ3v) is 7.17. The van der Waals surface area contributed by atoms with Gasteiger partial charge in [0.05, 0.1) is 11.2 Å². The van der Waals surface area contributed by atoms with E-state index in [1.807, 2.05) is 17.3 Å². The Bertz CT molecular complexity index is 882. The summed E-state index contributed by atoms with van der Waals surface area (Å²) >= 11 is 1.61. The van der Waals surface area contributed by atoms with E-state index in [1.165, 1.54) is 17.0 Å². The largest absolute Gasteiger partial charge is 0.339 e. The van der Waals surface area contributed by atoms with E-state index in [0.717, 1.165) is 37.9 Å². The van der Waals surface area contributed by atoms with E-state index in [2.05, 4.69) is 9.88 Å². The third kappa shape index (κ3) is 4.34. The summed E-state index contributed by atoms with van der Waals surface area (Å²) in [6, 6.07) is 5.96. The number of carbonyl (C=O) groups is 2. The first-order valence-electron chi connectivity index (χ1n) is 10.3. The minimum atomic E-state index is -0.338. The van der Waals surface area contributed by atoms with Crippen LogP contribution in [0.3, 0.4) is 0 Å². The molecule has 2 aliphatic rings. The summed E-state index contributed by atoms with van der Waals surface area (Å²) in [5.41, 5.74) is 3.38. The predicted molar refractivity (Wildman–Crippen MR) is 110 cm³/mol. The normalized spacial score (nSPS) is 21.7. The van der Waals surface area contributed by atoms with Crippen molar-refractivity contribution in [1.29, 1.82) is 0 Å². The summed E-state index contributed by atoms with van der Waals surface area (Å²) in [5, 5.41) is 0. The fourth-order valence-corrected chi connectivity index (χ4v) is 5.38. The number of thiazole rings is 1. The molecule has 2 fully saturated rings. The van der Waals surface area contributed by atoms with Crippen LogP contribution in [0.15, 0.2) is 29.8 Å². The number of hydrogen-bond donors (Lipinski definition) is 0. The Hall–Kier alpha value is -2.28. The molecule has 2 saturated heterocycles. The van der Waals surface area contributed by atoms with Crippen LogP contribution in [-0.4, -0.2) is 52.3 Å². The van der Waals surface area contributed by atoms with Gasteiger partial charge in [-0.25, -0.2) is 9.37 Å². The third-order valence-electron chi connectivity index (χ3n) is 6.18. The number of benzene rings is 1. The molecule has 154 valence electrons. The maximum absolute atomic E-state index is 13.1. The molecule has 4 rings (SSSR count). The first-order chi connectivity index (χ1) is 14.0. The first kappa shape index (κ1) is 20.0. The van der Waals surface area contributed by atoms with Crippen molar-refractivity contribution in [3.05, 3.63) is 51.7 Å². The lowest BCUT2D eigenvalue weighted by Gasteiger charge is -2.47. The molecule has 29 heavy (non-hydrogen) atoms. The number of hydrogen-bond acceptors (Lipinski definition) is 4. The van der Waals surface area contributed by atoms with E-state index in [1.54, 1.807) is 23.5 Å². The fourth-order valence-electron chi connectivity index (χ4n) is 4.60. The highest BCUT2D eigenvalue weighted by Gasteiger charge is 2.39. The predicted octanol–water partition coefficient (Wildman–Crippen LogP) is 3.68. The lowest BCUT2D eigenvalue weighted by atomic mass is 9.83. The molecule has 0 aliphatic carbocycles. The van der Waals surface area contributed by atoms with Crippen LogP contribution in [0.4, 0.5) is 4.39 Å². The molecule has 2 aromatic rings. The maximum atomic E-state index is 13.1. The second kappa shape index (κ2) is 8.61. The number of halogens is 1. The minimum Gasteiger partial charge on any atom is -0.339 e. The lowest BCUT2D eigenvalue weighted by molar-refractivity contribution is -0.137. The minimum absolute atomic E-state index is 0.0485. The molecule has 3 heterocycles. The van der Waals surface area contributed by atoms with Gasteiger partial charge in [-0.3, -0.25) is 9.59 Å². The second-order valence-electron chi connectivity index (χ2n) is 7.96. The summed E-state index contributed by atoms with van der Waals surface area (Å²) < 4.78 is 13.1. The van der Waals surface area contributed by atoms with Crippen LogP contribution in [0.2, 0.25) is 0 Å². The molecule has 0 saturated carbocycles. The summed E-state index contributed by atoms with van der Waals surface area (Å²) in [5.74, 6) is 0.143. The van der Waals surface area contributed by atoms with Crippen LogP contribution in [0.25, 0.3) is 0 Å². The molecule has 2 aliphatic heterocycles. The highest BCUT2D eigenvalue weighted by Crippen LogP contribution is 2.32. The monoisotopic (exact) mass is 415 g/mol. The summed E-state index contributed by atoms with van der Waals surface area (Å²) in [4.78, 5) is 35.1. The first-order valence-corrected chi connectivity index (χ1v) is 11.1. The number of aromatic nitrogens is 1. The Morgan fingerprint density at radius 3 is 2.72 bits per heavy atom. The summed E-state index contributed by atoms with van der Waals surface area (Å²) in [6.07, 6.45) is 4.09. The summed E-state index contributed by atoms with van der Waals surface area (Å²) in [7, 11) is 0. The van der Waals surface area contributed by atoms with E-state index in [0.29, 0.717) is 31.0 Å². The molecule has 1 aromatic heterocycles. The number of fused-ring (bicyclic) bond motifs is 1. The van der Waals surface area contributed by atoms with Crippen LogP contribution < -0.4 is 0 Å². The number of rotatable bonds is 4. The van der Waals surface area contributed by atoms with Crippen molar-refractivity contribution in [1.82, 2.24) is 14.8 Å². The van der Waals surface area contributed by atoms with Crippen LogP contribution in [-0.2, 0) is 11.2 Å². The van der Waals surface area contributed by atoms with Crippen LogP contribution in [0.1, 0.15) is 46.6 Å². The van der Waals surface area contributed by atoms with Gasteiger partial charge in [0, 0.05) is 42.5 Å². The van der Waals surface area contributed by atoms with Crippen molar-refractivity contribution in [2.24, 2.45) is 5.92 Å². The number of nitrogens with zero attached hydrogens (tertiary/aromatic N) is 3. The molecule has 0 spiro atoms. The Kier molecular flexibility index (Phi) is 5.94. The van der Waals surface area contributed by atoms with Crippen LogP contribution in [0, 0.1) is 18.7 Å². The van der Waals surface area contributed by atoms with Gasteiger partial charge in [-0.15, -0.1) is 11.3 Å². The molecular formula is C22H26FN3O2S. The number of carbonyl (C=O) groups excluding carboxylic acids is 2. The molecular weight excluding hydrogens is 389 g/mol. The van der Waals surface area contributed by atoms with Gasteiger partial charge in [0.2, 0.25) is 5.91 Å². The Morgan fingerprint density at radius 2 is 2.00 bits per heavy atom. The van der Waals surface area contributed by atoms with Crippen molar-refractivity contribution in [2.75, 3.05) is 19.6 Å². The van der Waals surface area contributed by atoms with E-state index in [4.69, 9.17) is 0 Å². The van der Waals surface area contributed by atoms with Gasteiger partial charge in [0.25, 0.3) is 5.91 Å². The van der Waals surface area contributed by atoms with Gasteiger partial charge in [0.1, 0.15) is 5.82 Å². The quantitative estimate of drug-likeness (QED) is 0.766. The lowest BCUT2D eigenvalue weighted by Crippen LogP contribution is -2.56. The van der Waals surface area contributed by atoms with Gasteiger partial charge >= 0.3 is 0 Å². The molecule has 0 radical (unpaired) electrons. The Labute approximate surface area is 174 Å². The number of amides is 2. The van der Waals surface area contributed by atoms with Gasteiger partial charge in [-0.05, 0) is 62.8 Å². The fraction of sp³-hybridized carbons (Fsp3) is 0.500.